The molecule has 5 heterocycles. The maximum Gasteiger partial charge on any atom is 0.224 e. The summed E-state index contributed by atoms with van der Waals surface area (Å²) in [6, 6.07) is 7.88. The van der Waals surface area contributed by atoms with Crippen LogP contribution in [0.3, 0.4) is 0 Å². The number of benzene rings is 1. The van der Waals surface area contributed by atoms with Crippen LogP contribution in [0, 0.1) is 5.92 Å². The third-order valence-corrected chi connectivity index (χ3v) is 8.97. The highest BCUT2D eigenvalue weighted by Gasteiger charge is 2.61. The molecule has 4 aliphatic rings. The highest BCUT2D eigenvalue weighted by atomic mass is 79.9. The summed E-state index contributed by atoms with van der Waals surface area (Å²) in [5.74, 6) is -1.40. The van der Waals surface area contributed by atoms with E-state index in [1.165, 1.54) is 0 Å². The van der Waals surface area contributed by atoms with Crippen LogP contribution < -0.4 is 0 Å². The van der Waals surface area contributed by atoms with Crippen molar-refractivity contribution in [2.75, 3.05) is 20.0 Å². The van der Waals surface area contributed by atoms with E-state index in [1.54, 1.807) is 0 Å². The van der Waals surface area contributed by atoms with Crippen LogP contribution in [0.4, 0.5) is 0 Å². The Labute approximate surface area is 260 Å². The lowest BCUT2D eigenvalue weighted by Gasteiger charge is -2.43. The molecule has 6 rings (SSSR count). The SMILES string of the molecule is CC(CCC1OC(c2cccc(Br)c2)OOC1(C)C)CCn1cc(COC2[C@H]3OCO[C@H]3CO[C@@]23COC(C)(C)O3)nn1. The molecule has 13 heteroatoms. The number of aryl methyl sites for hydroxylation is 1. The lowest BCUT2D eigenvalue weighted by Crippen LogP contribution is -2.62. The molecule has 238 valence electrons. The molecule has 0 aliphatic carbocycles. The monoisotopic (exact) mass is 667 g/mol. The summed E-state index contributed by atoms with van der Waals surface area (Å²) < 4.78 is 45.2. The molecule has 4 unspecified atom stereocenters. The van der Waals surface area contributed by atoms with E-state index in [2.05, 4.69) is 33.2 Å². The summed E-state index contributed by atoms with van der Waals surface area (Å²) in [6.45, 7) is 11.7. The Morgan fingerprint density at radius 2 is 2.00 bits per heavy atom. The lowest BCUT2D eigenvalue weighted by atomic mass is 9.92. The van der Waals surface area contributed by atoms with Gasteiger partial charge in [0.15, 0.2) is 5.79 Å². The number of fused-ring (bicyclic) bond motifs is 1. The van der Waals surface area contributed by atoms with Gasteiger partial charge < -0.3 is 33.2 Å². The van der Waals surface area contributed by atoms with Gasteiger partial charge in [-0.05, 0) is 65.0 Å². The molecule has 0 N–H and O–H groups in total. The van der Waals surface area contributed by atoms with E-state index in [0.29, 0.717) is 12.5 Å². The maximum atomic E-state index is 6.36. The predicted octanol–water partition coefficient (Wildman–Crippen LogP) is 4.81. The second kappa shape index (κ2) is 12.7. The molecule has 4 fully saturated rings. The molecule has 43 heavy (non-hydrogen) atoms. The van der Waals surface area contributed by atoms with Gasteiger partial charge in [-0.1, -0.05) is 40.2 Å². The van der Waals surface area contributed by atoms with Gasteiger partial charge in [-0.3, -0.25) is 4.68 Å². The first kappa shape index (κ1) is 31.5. The van der Waals surface area contributed by atoms with Crippen molar-refractivity contribution in [1.29, 1.82) is 0 Å². The number of ether oxygens (including phenoxy) is 7. The van der Waals surface area contributed by atoms with Crippen LogP contribution in [0.1, 0.15) is 71.4 Å². The molecule has 4 saturated heterocycles. The molecule has 12 nitrogen and oxygen atoms in total. The Kier molecular flexibility index (Phi) is 9.29. The van der Waals surface area contributed by atoms with Crippen molar-refractivity contribution in [3.8, 4) is 0 Å². The van der Waals surface area contributed by atoms with Gasteiger partial charge in [0.05, 0.1) is 25.5 Å². The summed E-state index contributed by atoms with van der Waals surface area (Å²) in [5, 5.41) is 8.67. The lowest BCUT2D eigenvalue weighted by molar-refractivity contribution is -0.487. The fourth-order valence-corrected chi connectivity index (χ4v) is 6.37. The number of nitrogens with zero attached hydrogens (tertiary/aromatic N) is 3. The van der Waals surface area contributed by atoms with Gasteiger partial charge in [0, 0.05) is 16.6 Å². The van der Waals surface area contributed by atoms with Gasteiger partial charge in [-0.2, -0.15) is 4.89 Å². The van der Waals surface area contributed by atoms with Gasteiger partial charge in [0.2, 0.25) is 12.1 Å². The zero-order valence-electron chi connectivity index (χ0n) is 25.4. The average Bonchev–Trinajstić information content (AvgIpc) is 3.70. The molecule has 0 radical (unpaired) electrons. The Morgan fingerprint density at radius 1 is 1.14 bits per heavy atom. The van der Waals surface area contributed by atoms with Crippen LogP contribution in [-0.4, -0.2) is 76.6 Å². The highest BCUT2D eigenvalue weighted by Crippen LogP contribution is 2.43. The molecular formula is C30H42BrN3O9. The molecular weight excluding hydrogens is 626 g/mol. The highest BCUT2D eigenvalue weighted by molar-refractivity contribution is 9.10. The van der Waals surface area contributed by atoms with Crippen LogP contribution in [0.15, 0.2) is 34.9 Å². The standard InChI is InChI=1S/C30H42BrN3O9/c1-19(9-10-24-28(2,3)43-41-27(40-24)20-7-6-8-21(31)13-20)11-12-34-14-22(32-33-34)15-35-26-25-23(36-18-37-25)16-38-30(26)17-39-29(4,5)42-30/h6-8,13-14,19,23-27H,9-12,15-18H2,1-5H3/t19?,23-,24?,25-,26?,27?,30+/m0/s1. The Hall–Kier alpha value is -1.52. The van der Waals surface area contributed by atoms with Crippen molar-refractivity contribution in [1.82, 2.24) is 15.0 Å². The molecule has 0 bridgehead atoms. The quantitative estimate of drug-likeness (QED) is 0.325. The zero-order valence-corrected chi connectivity index (χ0v) is 27.0. The van der Waals surface area contributed by atoms with Crippen LogP contribution in [-0.2, 0) is 56.1 Å². The first-order valence-corrected chi connectivity index (χ1v) is 15.8. The molecule has 0 saturated carbocycles. The smallest absolute Gasteiger partial charge is 0.224 e. The molecule has 1 aromatic heterocycles. The van der Waals surface area contributed by atoms with Gasteiger partial charge >= 0.3 is 0 Å². The fourth-order valence-electron chi connectivity index (χ4n) is 5.95. The van der Waals surface area contributed by atoms with E-state index < -0.39 is 29.6 Å². The fraction of sp³-hybridized carbons (Fsp3) is 0.733. The van der Waals surface area contributed by atoms with Gasteiger partial charge in [0.25, 0.3) is 0 Å². The first-order valence-electron chi connectivity index (χ1n) is 15.0. The number of halogens is 1. The zero-order chi connectivity index (χ0) is 30.2. The minimum absolute atomic E-state index is 0.108. The Balaban J connectivity index is 0.988. The van der Waals surface area contributed by atoms with Crippen molar-refractivity contribution in [2.24, 2.45) is 5.92 Å². The third-order valence-electron chi connectivity index (χ3n) is 8.48. The maximum absolute atomic E-state index is 6.36. The van der Waals surface area contributed by atoms with E-state index in [4.69, 9.17) is 42.9 Å². The minimum atomic E-state index is -1.06. The number of hydrogen-bond donors (Lipinski definition) is 0. The molecule has 4 aliphatic heterocycles. The molecule has 2 aromatic rings. The molecule has 0 amide bonds. The predicted molar refractivity (Wildman–Crippen MR) is 154 cm³/mol. The van der Waals surface area contributed by atoms with Crippen molar-refractivity contribution in [2.45, 2.75) is 115 Å². The van der Waals surface area contributed by atoms with E-state index in [1.807, 2.05) is 62.8 Å². The summed E-state index contributed by atoms with van der Waals surface area (Å²) in [7, 11) is 0. The minimum Gasteiger partial charge on any atom is -0.363 e. The molecule has 7 atom stereocenters. The summed E-state index contributed by atoms with van der Waals surface area (Å²) in [5.41, 5.74) is 1.08. The van der Waals surface area contributed by atoms with Crippen LogP contribution in [0.5, 0.6) is 0 Å². The van der Waals surface area contributed by atoms with Gasteiger partial charge in [0.1, 0.15) is 43.0 Å². The van der Waals surface area contributed by atoms with Crippen molar-refractivity contribution in [3.05, 3.63) is 46.2 Å². The summed E-state index contributed by atoms with van der Waals surface area (Å²) in [4.78, 5) is 11.4. The van der Waals surface area contributed by atoms with Crippen molar-refractivity contribution >= 4 is 15.9 Å². The Morgan fingerprint density at radius 3 is 2.79 bits per heavy atom. The number of hydrogen-bond acceptors (Lipinski definition) is 11. The van der Waals surface area contributed by atoms with Crippen LogP contribution in [0.25, 0.3) is 0 Å². The van der Waals surface area contributed by atoms with Crippen molar-refractivity contribution < 1.29 is 42.9 Å². The normalized spacial score (nSPS) is 34.0. The second-order valence-electron chi connectivity index (χ2n) is 12.8. The molecule has 1 aromatic carbocycles. The first-order chi connectivity index (χ1) is 20.5. The van der Waals surface area contributed by atoms with E-state index in [0.717, 1.165) is 41.5 Å². The van der Waals surface area contributed by atoms with Crippen molar-refractivity contribution in [3.63, 3.8) is 0 Å². The summed E-state index contributed by atoms with van der Waals surface area (Å²) in [6.07, 6.45) is 2.95. The van der Waals surface area contributed by atoms with Crippen LogP contribution >= 0.6 is 15.9 Å². The summed E-state index contributed by atoms with van der Waals surface area (Å²) >= 11 is 3.51. The Bertz CT molecular complexity index is 1240. The van der Waals surface area contributed by atoms with Gasteiger partial charge in [-0.25, -0.2) is 4.89 Å². The third kappa shape index (κ3) is 7.16. The topological polar surface area (TPSA) is 114 Å². The van der Waals surface area contributed by atoms with Gasteiger partial charge in [-0.15, -0.1) is 5.10 Å². The van der Waals surface area contributed by atoms with Crippen LogP contribution in [0.2, 0.25) is 0 Å². The van der Waals surface area contributed by atoms with E-state index >= 15 is 0 Å². The average molecular weight is 669 g/mol. The number of rotatable bonds is 10. The molecule has 1 spiro atoms. The largest absolute Gasteiger partial charge is 0.363 e. The van der Waals surface area contributed by atoms with E-state index in [-0.39, 0.29) is 38.3 Å². The van der Waals surface area contributed by atoms with E-state index in [9.17, 15) is 0 Å². The number of aromatic nitrogens is 3. The second-order valence-corrected chi connectivity index (χ2v) is 13.8.